The van der Waals surface area contributed by atoms with Crippen molar-refractivity contribution >= 4 is 44.1 Å². The fourth-order valence-corrected chi connectivity index (χ4v) is 11.2. The molecule has 58 heavy (non-hydrogen) atoms. The minimum absolute atomic E-state index is 0.543. The molecule has 0 saturated carbocycles. The van der Waals surface area contributed by atoms with E-state index in [2.05, 4.69) is 194 Å². The van der Waals surface area contributed by atoms with Crippen molar-refractivity contribution in [3.8, 4) is 50.6 Å². The fraction of sp³-hybridized carbons (Fsp3) is 0.0179. The predicted molar refractivity (Wildman–Crippen MR) is 241 cm³/mol. The van der Waals surface area contributed by atoms with Crippen molar-refractivity contribution in [2.24, 2.45) is 0 Å². The van der Waals surface area contributed by atoms with E-state index in [0.29, 0.717) is 5.56 Å². The molecule has 1 aliphatic heterocycles. The van der Waals surface area contributed by atoms with Gasteiger partial charge in [-0.3, -0.25) is 0 Å². The highest BCUT2D eigenvalue weighted by molar-refractivity contribution is 7.99. The monoisotopic (exact) mass is 751 g/mol. The van der Waals surface area contributed by atoms with Gasteiger partial charge in [-0.2, -0.15) is 5.26 Å². The lowest BCUT2D eigenvalue weighted by molar-refractivity contribution is 0.723. The van der Waals surface area contributed by atoms with E-state index >= 15 is 0 Å². The van der Waals surface area contributed by atoms with Crippen LogP contribution in [0.2, 0.25) is 0 Å². The summed E-state index contributed by atoms with van der Waals surface area (Å²) in [7, 11) is 0. The molecule has 0 N–H and O–H groups in total. The molecule has 0 radical (unpaired) electrons. The summed E-state index contributed by atoms with van der Waals surface area (Å²) in [5.41, 5.74) is 15.1. The largest absolute Gasteiger partial charge is 0.192 e. The van der Waals surface area contributed by atoms with Gasteiger partial charge in [0, 0.05) is 9.79 Å². The molecular weight excluding hydrogens is 719 g/mol. The summed E-state index contributed by atoms with van der Waals surface area (Å²) in [5.74, 6) is 0. The van der Waals surface area contributed by atoms with Crippen molar-refractivity contribution in [1.82, 2.24) is 0 Å². The highest BCUT2D eigenvalue weighted by atomic mass is 32.2. The summed E-state index contributed by atoms with van der Waals surface area (Å²) in [5, 5.41) is 17.0. The standard InChI is InChI=1S/C56H33NS/c57-34-35-21-23-37(24-22-35)39-27-29-52-50(32-39)56(48-19-9-7-13-42(48)43-14-8-10-20-49(43)56)51-33-41(28-30-53(51)58-52)55-46-17-5-3-15-44(46)54(45-16-4-6-18-47(45)55)40-26-25-36-11-1-2-12-38(36)31-40/h1-33H. The lowest BCUT2D eigenvalue weighted by Gasteiger charge is -2.40. The van der Waals surface area contributed by atoms with Crippen molar-refractivity contribution < 1.29 is 0 Å². The molecule has 1 spiro atoms. The Bertz CT molecular complexity index is 3280. The summed E-state index contributed by atoms with van der Waals surface area (Å²) >= 11 is 1.87. The normalized spacial score (nSPS) is 13.2. The Morgan fingerprint density at radius 2 is 0.810 bits per heavy atom. The van der Waals surface area contributed by atoms with Crippen LogP contribution in [0.3, 0.4) is 0 Å². The first-order chi connectivity index (χ1) is 28.7. The van der Waals surface area contributed by atoms with Crippen LogP contribution in [0.5, 0.6) is 0 Å². The van der Waals surface area contributed by atoms with Gasteiger partial charge in [0.15, 0.2) is 0 Å². The lowest BCUT2D eigenvalue weighted by atomic mass is 9.66. The molecule has 2 heteroatoms. The van der Waals surface area contributed by atoms with Gasteiger partial charge in [0.1, 0.15) is 0 Å². The van der Waals surface area contributed by atoms with Crippen LogP contribution < -0.4 is 0 Å². The van der Waals surface area contributed by atoms with Crippen LogP contribution in [-0.4, -0.2) is 0 Å². The van der Waals surface area contributed by atoms with Crippen molar-refractivity contribution in [2.45, 2.75) is 15.2 Å². The molecule has 0 atom stereocenters. The molecule has 1 heterocycles. The number of nitriles is 1. The van der Waals surface area contributed by atoms with E-state index in [1.807, 2.05) is 23.9 Å². The summed E-state index contributed by atoms with van der Waals surface area (Å²) in [6, 6.07) is 76.0. The molecule has 2 aliphatic rings. The van der Waals surface area contributed by atoms with Crippen molar-refractivity contribution in [3.63, 3.8) is 0 Å². The Morgan fingerprint density at radius 1 is 0.362 bits per heavy atom. The first-order valence-electron chi connectivity index (χ1n) is 19.8. The van der Waals surface area contributed by atoms with E-state index < -0.39 is 5.41 Å². The summed E-state index contributed by atoms with van der Waals surface area (Å²) in [4.78, 5) is 2.54. The van der Waals surface area contributed by atoms with Crippen molar-refractivity contribution in [1.29, 1.82) is 5.26 Å². The fourth-order valence-electron chi connectivity index (χ4n) is 10.1. The number of rotatable bonds is 3. The maximum atomic E-state index is 9.54. The smallest absolute Gasteiger partial charge is 0.0991 e. The highest BCUT2D eigenvalue weighted by Crippen LogP contribution is 2.63. The van der Waals surface area contributed by atoms with Crippen LogP contribution in [0.15, 0.2) is 210 Å². The zero-order chi connectivity index (χ0) is 38.4. The SMILES string of the molecule is N#Cc1ccc(-c2ccc3c(c2)C2(c4cc(-c5c6ccccc6c(-c6ccc7ccccc7c6)c6ccccc56)ccc4S3)c3ccccc3-c3ccccc32)cc1. The second-order valence-electron chi connectivity index (χ2n) is 15.5. The van der Waals surface area contributed by atoms with Gasteiger partial charge in [-0.05, 0) is 142 Å². The molecule has 0 bridgehead atoms. The Balaban J connectivity index is 1.15. The quantitative estimate of drug-likeness (QED) is 0.168. The number of benzene rings is 10. The summed E-state index contributed by atoms with van der Waals surface area (Å²) in [6.07, 6.45) is 0. The third-order valence-electron chi connectivity index (χ3n) is 12.5. The third-order valence-corrected chi connectivity index (χ3v) is 13.7. The molecule has 0 unspecified atom stereocenters. The van der Waals surface area contributed by atoms with Gasteiger partial charge in [0.2, 0.25) is 0 Å². The van der Waals surface area contributed by atoms with E-state index in [4.69, 9.17) is 0 Å². The van der Waals surface area contributed by atoms with Gasteiger partial charge in [0.25, 0.3) is 0 Å². The van der Waals surface area contributed by atoms with Crippen LogP contribution >= 0.6 is 11.8 Å². The molecule has 0 fully saturated rings. The Kier molecular flexibility index (Phi) is 7.21. The predicted octanol–water partition coefficient (Wildman–Crippen LogP) is 14.8. The average molecular weight is 752 g/mol. The van der Waals surface area contributed by atoms with Gasteiger partial charge in [-0.1, -0.05) is 169 Å². The minimum atomic E-state index is -0.543. The highest BCUT2D eigenvalue weighted by Gasteiger charge is 2.50. The topological polar surface area (TPSA) is 23.8 Å². The maximum absolute atomic E-state index is 9.54. The molecular formula is C56H33NS. The average Bonchev–Trinajstić information content (AvgIpc) is 3.58. The van der Waals surface area contributed by atoms with E-state index in [0.717, 1.165) is 11.1 Å². The molecule has 268 valence electrons. The van der Waals surface area contributed by atoms with Crippen LogP contribution in [0.25, 0.3) is 76.8 Å². The molecule has 10 aromatic carbocycles. The van der Waals surface area contributed by atoms with Crippen LogP contribution in [0.4, 0.5) is 0 Å². The van der Waals surface area contributed by atoms with Crippen molar-refractivity contribution in [3.05, 3.63) is 228 Å². The Labute approximate surface area is 341 Å². The Hall–Kier alpha value is -7.18. The van der Waals surface area contributed by atoms with Gasteiger partial charge in [0.05, 0.1) is 17.0 Å². The third kappa shape index (κ3) is 4.66. The van der Waals surface area contributed by atoms with Gasteiger partial charge < -0.3 is 0 Å². The van der Waals surface area contributed by atoms with E-state index in [-0.39, 0.29) is 0 Å². The zero-order valence-electron chi connectivity index (χ0n) is 31.4. The molecule has 0 amide bonds. The number of hydrogen-bond donors (Lipinski definition) is 0. The molecule has 10 aromatic rings. The van der Waals surface area contributed by atoms with Crippen LogP contribution in [0.1, 0.15) is 27.8 Å². The summed E-state index contributed by atoms with van der Waals surface area (Å²) < 4.78 is 0. The molecule has 0 saturated heterocycles. The van der Waals surface area contributed by atoms with Crippen LogP contribution in [-0.2, 0) is 5.41 Å². The first kappa shape index (κ1) is 33.0. The first-order valence-corrected chi connectivity index (χ1v) is 20.6. The van der Waals surface area contributed by atoms with Gasteiger partial charge in [-0.15, -0.1) is 0 Å². The maximum Gasteiger partial charge on any atom is 0.0991 e. The van der Waals surface area contributed by atoms with E-state index in [1.54, 1.807) is 0 Å². The zero-order valence-corrected chi connectivity index (χ0v) is 32.2. The van der Waals surface area contributed by atoms with E-state index in [1.165, 1.54) is 97.7 Å². The van der Waals surface area contributed by atoms with E-state index in [9.17, 15) is 5.26 Å². The molecule has 1 nitrogen and oxygen atoms in total. The minimum Gasteiger partial charge on any atom is -0.192 e. The molecule has 0 aromatic heterocycles. The van der Waals surface area contributed by atoms with Crippen molar-refractivity contribution in [2.75, 3.05) is 0 Å². The number of nitrogens with zero attached hydrogens (tertiary/aromatic N) is 1. The van der Waals surface area contributed by atoms with Gasteiger partial charge in [-0.25, -0.2) is 0 Å². The molecule has 12 rings (SSSR count). The van der Waals surface area contributed by atoms with Crippen LogP contribution in [0, 0.1) is 11.3 Å². The second kappa shape index (κ2) is 12.7. The second-order valence-corrected chi connectivity index (χ2v) is 16.5. The lowest BCUT2D eigenvalue weighted by Crippen LogP contribution is -2.32. The molecule has 1 aliphatic carbocycles. The number of hydrogen-bond acceptors (Lipinski definition) is 2. The Morgan fingerprint density at radius 3 is 1.40 bits per heavy atom. The number of fused-ring (bicyclic) bond motifs is 12. The van der Waals surface area contributed by atoms with Gasteiger partial charge >= 0.3 is 0 Å². The summed E-state index contributed by atoms with van der Waals surface area (Å²) in [6.45, 7) is 0.